The Morgan fingerprint density at radius 2 is 2.05 bits per heavy atom. The van der Waals surface area contributed by atoms with Gasteiger partial charge >= 0.3 is 0 Å². The van der Waals surface area contributed by atoms with E-state index in [0.717, 1.165) is 19.4 Å². The molecule has 3 heteroatoms. The van der Waals surface area contributed by atoms with E-state index in [2.05, 4.69) is 29.2 Å². The van der Waals surface area contributed by atoms with E-state index < -0.39 is 0 Å². The zero-order valence-electron chi connectivity index (χ0n) is 12.0. The van der Waals surface area contributed by atoms with Crippen molar-refractivity contribution < 1.29 is 9.90 Å². The number of carbonyl (C=O) groups is 1. The topological polar surface area (TPSA) is 40.5 Å². The normalized spacial score (nSPS) is 31.5. The van der Waals surface area contributed by atoms with Crippen molar-refractivity contribution in [1.82, 2.24) is 4.90 Å². The molecule has 1 N–H and O–H groups in total. The summed E-state index contributed by atoms with van der Waals surface area (Å²) in [5.74, 6) is 0.389. The van der Waals surface area contributed by atoms with E-state index >= 15 is 0 Å². The maximum absolute atomic E-state index is 12.3. The number of aliphatic hydroxyl groups excluding tert-OH is 1. The summed E-state index contributed by atoms with van der Waals surface area (Å²) < 4.78 is 0. The zero-order valence-corrected chi connectivity index (χ0v) is 12.0. The highest BCUT2D eigenvalue weighted by atomic mass is 16.3. The lowest BCUT2D eigenvalue weighted by atomic mass is 9.84. The largest absolute Gasteiger partial charge is 0.393 e. The maximum Gasteiger partial charge on any atom is 0.139 e. The van der Waals surface area contributed by atoms with Gasteiger partial charge in [0.1, 0.15) is 5.78 Å². The third kappa shape index (κ3) is 2.65. The van der Waals surface area contributed by atoms with Crippen molar-refractivity contribution in [2.45, 2.75) is 57.3 Å². The number of carbonyl (C=O) groups excluding carboxylic acids is 1. The number of hydrogen-bond acceptors (Lipinski definition) is 3. The van der Waals surface area contributed by atoms with Gasteiger partial charge in [0, 0.05) is 31.0 Å². The van der Waals surface area contributed by atoms with Crippen LogP contribution in [-0.2, 0) is 11.3 Å². The lowest BCUT2D eigenvalue weighted by molar-refractivity contribution is -0.131. The van der Waals surface area contributed by atoms with E-state index in [4.69, 9.17) is 0 Å². The lowest BCUT2D eigenvalue weighted by Crippen LogP contribution is -2.49. The van der Waals surface area contributed by atoms with Crippen LogP contribution in [0.25, 0.3) is 0 Å². The van der Waals surface area contributed by atoms with Gasteiger partial charge in [-0.25, -0.2) is 0 Å². The molecule has 1 aromatic rings. The molecule has 3 nitrogen and oxygen atoms in total. The van der Waals surface area contributed by atoms with Crippen LogP contribution < -0.4 is 0 Å². The van der Waals surface area contributed by atoms with E-state index in [1.807, 2.05) is 6.07 Å². The van der Waals surface area contributed by atoms with Crippen molar-refractivity contribution >= 4 is 5.78 Å². The van der Waals surface area contributed by atoms with Gasteiger partial charge in [0.15, 0.2) is 0 Å². The molecule has 0 saturated carbocycles. The summed E-state index contributed by atoms with van der Waals surface area (Å²) in [5, 5.41) is 9.65. The van der Waals surface area contributed by atoms with Crippen LogP contribution in [0.15, 0.2) is 30.3 Å². The number of hydrogen-bond donors (Lipinski definition) is 1. The molecule has 0 aliphatic carbocycles. The monoisotopic (exact) mass is 273 g/mol. The highest BCUT2D eigenvalue weighted by Gasteiger charge is 2.46. The minimum Gasteiger partial charge on any atom is -0.393 e. The molecule has 2 fully saturated rings. The van der Waals surface area contributed by atoms with Gasteiger partial charge in [0.2, 0.25) is 0 Å². The Kier molecular flexibility index (Phi) is 3.90. The van der Waals surface area contributed by atoms with E-state index in [1.165, 1.54) is 5.56 Å². The summed E-state index contributed by atoms with van der Waals surface area (Å²) in [6.07, 6.45) is 3.11. The first-order valence-electron chi connectivity index (χ1n) is 7.65. The van der Waals surface area contributed by atoms with Gasteiger partial charge in [-0.05, 0) is 31.7 Å². The van der Waals surface area contributed by atoms with E-state index in [1.54, 1.807) is 6.92 Å². The van der Waals surface area contributed by atoms with Crippen LogP contribution in [0.2, 0.25) is 0 Å². The number of Topliss-reactive ketones (excluding diaryl/α,β-unsaturated/α-hetero) is 1. The predicted octanol–water partition coefficient (Wildman–Crippen LogP) is 2.38. The Hall–Kier alpha value is -1.19. The Bertz CT molecular complexity index is 471. The molecule has 4 atom stereocenters. The summed E-state index contributed by atoms with van der Waals surface area (Å²) in [6, 6.07) is 11.2. The van der Waals surface area contributed by atoms with Crippen LogP contribution in [0.1, 0.15) is 38.2 Å². The molecule has 2 aliphatic heterocycles. The number of rotatable bonds is 4. The number of ketones is 1. The van der Waals surface area contributed by atoms with E-state index in [-0.39, 0.29) is 12.0 Å². The van der Waals surface area contributed by atoms with E-state index in [9.17, 15) is 9.90 Å². The number of fused-ring (bicyclic) bond motifs is 2. The number of benzene rings is 1. The van der Waals surface area contributed by atoms with Gasteiger partial charge < -0.3 is 5.11 Å². The Morgan fingerprint density at radius 1 is 1.30 bits per heavy atom. The molecule has 0 amide bonds. The van der Waals surface area contributed by atoms with Crippen molar-refractivity contribution in [3.05, 3.63) is 35.9 Å². The minimum absolute atomic E-state index is 0.0254. The Labute approximate surface area is 120 Å². The lowest BCUT2D eigenvalue weighted by Gasteiger charge is -2.39. The van der Waals surface area contributed by atoms with E-state index in [0.29, 0.717) is 30.7 Å². The maximum atomic E-state index is 12.3. The van der Waals surface area contributed by atoms with Crippen molar-refractivity contribution in [2.24, 2.45) is 5.92 Å². The SMILES string of the molecule is CC(O)CC1C(=O)CC2CCC1N2Cc1ccccc1. The van der Waals surface area contributed by atoms with Crippen LogP contribution in [-0.4, -0.2) is 34.0 Å². The highest BCUT2D eigenvalue weighted by molar-refractivity contribution is 5.83. The fourth-order valence-corrected chi connectivity index (χ4v) is 3.91. The first kappa shape index (κ1) is 13.8. The summed E-state index contributed by atoms with van der Waals surface area (Å²) in [4.78, 5) is 14.8. The molecule has 2 aliphatic rings. The summed E-state index contributed by atoms with van der Waals surface area (Å²) >= 11 is 0. The van der Waals surface area contributed by atoms with Gasteiger partial charge in [0.05, 0.1) is 6.10 Å². The predicted molar refractivity (Wildman–Crippen MR) is 78.2 cm³/mol. The first-order chi connectivity index (χ1) is 9.65. The smallest absolute Gasteiger partial charge is 0.139 e. The number of piperidine rings is 1. The van der Waals surface area contributed by atoms with Crippen molar-refractivity contribution in [3.8, 4) is 0 Å². The minimum atomic E-state index is -0.389. The average molecular weight is 273 g/mol. The fraction of sp³-hybridized carbons (Fsp3) is 0.588. The second-order valence-electron chi connectivity index (χ2n) is 6.32. The van der Waals surface area contributed by atoms with Crippen molar-refractivity contribution in [1.29, 1.82) is 0 Å². The van der Waals surface area contributed by atoms with Gasteiger partial charge in [-0.3, -0.25) is 9.69 Å². The Balaban J connectivity index is 1.77. The zero-order chi connectivity index (χ0) is 14.1. The number of aliphatic hydroxyl groups is 1. The molecule has 0 aromatic heterocycles. The summed E-state index contributed by atoms with van der Waals surface area (Å²) in [7, 11) is 0. The molecule has 20 heavy (non-hydrogen) atoms. The molecular weight excluding hydrogens is 250 g/mol. The molecule has 1 aromatic carbocycles. The highest BCUT2D eigenvalue weighted by Crippen LogP contribution is 2.40. The first-order valence-corrected chi connectivity index (χ1v) is 7.65. The second kappa shape index (κ2) is 5.66. The van der Waals surface area contributed by atoms with Gasteiger partial charge in [0.25, 0.3) is 0 Å². The van der Waals surface area contributed by atoms with Crippen LogP contribution in [0.4, 0.5) is 0 Å². The second-order valence-corrected chi connectivity index (χ2v) is 6.32. The molecule has 2 saturated heterocycles. The fourth-order valence-electron chi connectivity index (χ4n) is 3.91. The molecule has 4 unspecified atom stereocenters. The van der Waals surface area contributed by atoms with Crippen LogP contribution >= 0.6 is 0 Å². The molecule has 3 rings (SSSR count). The van der Waals surface area contributed by atoms with Crippen LogP contribution in [0.3, 0.4) is 0 Å². The van der Waals surface area contributed by atoms with Gasteiger partial charge in [-0.1, -0.05) is 30.3 Å². The van der Waals surface area contributed by atoms with Gasteiger partial charge in [-0.15, -0.1) is 0 Å². The Morgan fingerprint density at radius 3 is 2.75 bits per heavy atom. The quantitative estimate of drug-likeness (QED) is 0.915. The third-order valence-electron chi connectivity index (χ3n) is 4.81. The molecule has 108 valence electrons. The molecule has 2 heterocycles. The molecule has 0 spiro atoms. The summed E-state index contributed by atoms with van der Waals surface area (Å²) in [6.45, 7) is 2.72. The van der Waals surface area contributed by atoms with Crippen molar-refractivity contribution in [2.75, 3.05) is 0 Å². The molecule has 2 bridgehead atoms. The standard InChI is InChI=1S/C17H23NO2/c1-12(19)9-15-16-8-7-14(10-17(15)20)18(16)11-13-5-3-2-4-6-13/h2-6,12,14-16,19H,7-11H2,1H3. The summed E-state index contributed by atoms with van der Waals surface area (Å²) in [5.41, 5.74) is 1.31. The number of nitrogens with zero attached hydrogens (tertiary/aromatic N) is 1. The van der Waals surface area contributed by atoms with Crippen LogP contribution in [0, 0.1) is 5.92 Å². The molecule has 0 radical (unpaired) electrons. The van der Waals surface area contributed by atoms with Crippen LogP contribution in [0.5, 0.6) is 0 Å². The molecular formula is C17H23NO2. The van der Waals surface area contributed by atoms with Crippen molar-refractivity contribution in [3.63, 3.8) is 0 Å². The third-order valence-corrected chi connectivity index (χ3v) is 4.81. The average Bonchev–Trinajstić information content (AvgIpc) is 2.71. The van der Waals surface area contributed by atoms with Gasteiger partial charge in [-0.2, -0.15) is 0 Å².